The number of methoxy groups -OCH3 is 1. The molecule has 2 aromatic rings. The van der Waals surface area contributed by atoms with Gasteiger partial charge in [0, 0.05) is 5.69 Å². The molecular formula is C24H22N2O6. The van der Waals surface area contributed by atoms with E-state index in [-0.39, 0.29) is 29.2 Å². The van der Waals surface area contributed by atoms with Crippen LogP contribution in [0.25, 0.3) is 0 Å². The Morgan fingerprint density at radius 1 is 0.938 bits per heavy atom. The summed E-state index contributed by atoms with van der Waals surface area (Å²) in [6, 6.07) is 12.8. The molecule has 1 aliphatic carbocycles. The normalized spacial score (nSPS) is 19.5. The van der Waals surface area contributed by atoms with Crippen LogP contribution >= 0.6 is 0 Å². The first kappa shape index (κ1) is 21.3. The van der Waals surface area contributed by atoms with Crippen molar-refractivity contribution in [3.05, 3.63) is 66.2 Å². The van der Waals surface area contributed by atoms with Crippen LogP contribution in [0.2, 0.25) is 0 Å². The summed E-state index contributed by atoms with van der Waals surface area (Å²) in [5.74, 6) is -1.57. The molecule has 4 rings (SSSR count). The maximum absolute atomic E-state index is 12.7. The Kier molecular flexibility index (Phi) is 6.02. The smallest absolute Gasteiger partial charge is 0.338 e. The Morgan fingerprint density at radius 3 is 2.09 bits per heavy atom. The number of carbonyl (C=O) groups excluding carboxylic acids is 4. The van der Waals surface area contributed by atoms with E-state index in [1.54, 1.807) is 31.4 Å². The van der Waals surface area contributed by atoms with E-state index in [0.29, 0.717) is 30.0 Å². The Labute approximate surface area is 184 Å². The first-order chi connectivity index (χ1) is 15.5. The van der Waals surface area contributed by atoms with Gasteiger partial charge >= 0.3 is 5.97 Å². The highest BCUT2D eigenvalue weighted by Crippen LogP contribution is 2.37. The van der Waals surface area contributed by atoms with Crippen molar-refractivity contribution >= 4 is 35.1 Å². The van der Waals surface area contributed by atoms with Gasteiger partial charge in [0.2, 0.25) is 11.8 Å². The lowest BCUT2D eigenvalue weighted by Crippen LogP contribution is -2.30. The predicted molar refractivity (Wildman–Crippen MR) is 116 cm³/mol. The van der Waals surface area contributed by atoms with Crippen molar-refractivity contribution in [1.29, 1.82) is 0 Å². The molecule has 2 aliphatic rings. The average Bonchev–Trinajstić information content (AvgIpc) is 3.08. The fraction of sp³-hybridized carbons (Fsp3) is 0.250. The van der Waals surface area contributed by atoms with Crippen LogP contribution in [0.15, 0.2) is 60.7 Å². The van der Waals surface area contributed by atoms with Crippen molar-refractivity contribution in [2.45, 2.75) is 12.8 Å². The standard InChI is InChI=1S/C24H22N2O6/c1-31-18-12-8-16(9-13-18)25-21(27)14-32-24(30)15-6-10-17(11-7-15)26-22(28)19-4-2-3-5-20(19)23(26)29/h2-3,6-13,19-20H,4-5,14H2,1H3,(H,25,27)/t19-,20+. The number of imide groups is 1. The minimum absolute atomic E-state index is 0.212. The number of fused-ring (bicyclic) bond motifs is 1. The number of allylic oxidation sites excluding steroid dienone is 2. The summed E-state index contributed by atoms with van der Waals surface area (Å²) in [5.41, 5.74) is 1.18. The van der Waals surface area contributed by atoms with Crippen LogP contribution in [0.1, 0.15) is 23.2 Å². The van der Waals surface area contributed by atoms with Gasteiger partial charge < -0.3 is 14.8 Å². The fourth-order valence-electron chi connectivity index (χ4n) is 3.89. The number of rotatable bonds is 6. The quantitative estimate of drug-likeness (QED) is 0.426. The molecule has 0 radical (unpaired) electrons. The summed E-state index contributed by atoms with van der Waals surface area (Å²) < 4.78 is 10.1. The first-order valence-electron chi connectivity index (χ1n) is 10.2. The number of hydrogen-bond donors (Lipinski definition) is 1. The van der Waals surface area contributed by atoms with Crippen LogP contribution in [-0.2, 0) is 19.1 Å². The van der Waals surface area contributed by atoms with Crippen molar-refractivity contribution in [3.8, 4) is 5.75 Å². The van der Waals surface area contributed by atoms with Gasteiger partial charge in [-0.3, -0.25) is 19.3 Å². The molecule has 8 heteroatoms. The minimum Gasteiger partial charge on any atom is -0.497 e. The number of ether oxygens (including phenoxy) is 2. The summed E-state index contributed by atoms with van der Waals surface area (Å²) in [4.78, 5) is 50.8. The third-order valence-electron chi connectivity index (χ3n) is 5.58. The molecule has 1 N–H and O–H groups in total. The van der Waals surface area contributed by atoms with Crippen molar-refractivity contribution < 1.29 is 28.7 Å². The zero-order chi connectivity index (χ0) is 22.7. The van der Waals surface area contributed by atoms with Crippen molar-refractivity contribution in [1.82, 2.24) is 0 Å². The highest BCUT2D eigenvalue weighted by Gasteiger charge is 2.47. The maximum atomic E-state index is 12.7. The molecule has 0 bridgehead atoms. The molecule has 164 valence electrons. The molecule has 2 aromatic carbocycles. The van der Waals surface area contributed by atoms with E-state index in [0.717, 1.165) is 0 Å². The molecule has 0 aromatic heterocycles. The summed E-state index contributed by atoms with van der Waals surface area (Å²) in [7, 11) is 1.55. The molecule has 2 atom stereocenters. The molecule has 8 nitrogen and oxygen atoms in total. The zero-order valence-corrected chi connectivity index (χ0v) is 17.4. The molecule has 0 unspecified atom stereocenters. The number of carbonyl (C=O) groups is 4. The Hall–Kier alpha value is -3.94. The maximum Gasteiger partial charge on any atom is 0.338 e. The van der Waals surface area contributed by atoms with E-state index in [9.17, 15) is 19.2 Å². The van der Waals surface area contributed by atoms with Crippen LogP contribution < -0.4 is 15.0 Å². The molecule has 0 saturated carbocycles. The monoisotopic (exact) mass is 434 g/mol. The average molecular weight is 434 g/mol. The van der Waals surface area contributed by atoms with Gasteiger partial charge in [-0.1, -0.05) is 12.2 Å². The Morgan fingerprint density at radius 2 is 1.53 bits per heavy atom. The summed E-state index contributed by atoms with van der Waals surface area (Å²) in [6.07, 6.45) is 4.99. The molecule has 3 amide bonds. The van der Waals surface area contributed by atoms with E-state index in [1.165, 1.54) is 29.2 Å². The van der Waals surface area contributed by atoms with Gasteiger partial charge in [0.25, 0.3) is 5.91 Å². The SMILES string of the molecule is COc1ccc(NC(=O)COC(=O)c2ccc(N3C(=O)[C@H]4CC=CC[C@H]4C3=O)cc2)cc1. The zero-order valence-electron chi connectivity index (χ0n) is 17.4. The number of nitrogens with one attached hydrogen (secondary N) is 1. The van der Waals surface area contributed by atoms with E-state index >= 15 is 0 Å². The number of nitrogens with zero attached hydrogens (tertiary/aromatic N) is 1. The van der Waals surface area contributed by atoms with Crippen LogP contribution in [0, 0.1) is 11.8 Å². The van der Waals surface area contributed by atoms with Gasteiger partial charge in [-0.2, -0.15) is 0 Å². The second kappa shape index (κ2) is 9.05. The third kappa shape index (κ3) is 4.25. The number of anilines is 2. The minimum atomic E-state index is -0.682. The molecule has 1 saturated heterocycles. The van der Waals surface area contributed by atoms with Gasteiger partial charge in [0.05, 0.1) is 30.2 Å². The first-order valence-corrected chi connectivity index (χ1v) is 10.2. The number of esters is 1. The van der Waals surface area contributed by atoms with Crippen LogP contribution in [0.4, 0.5) is 11.4 Å². The molecule has 0 spiro atoms. The summed E-state index contributed by atoms with van der Waals surface area (Å²) in [5, 5.41) is 2.62. The number of benzene rings is 2. The van der Waals surface area contributed by atoms with E-state index in [4.69, 9.17) is 9.47 Å². The molecule has 1 aliphatic heterocycles. The lowest BCUT2D eigenvalue weighted by molar-refractivity contribution is -0.122. The lowest BCUT2D eigenvalue weighted by Gasteiger charge is -2.15. The second-order valence-electron chi connectivity index (χ2n) is 7.57. The van der Waals surface area contributed by atoms with Crippen molar-refractivity contribution in [2.24, 2.45) is 11.8 Å². The molecule has 32 heavy (non-hydrogen) atoms. The number of hydrogen-bond acceptors (Lipinski definition) is 6. The topological polar surface area (TPSA) is 102 Å². The Bertz CT molecular complexity index is 1050. The van der Waals surface area contributed by atoms with E-state index < -0.39 is 18.5 Å². The molecule has 1 heterocycles. The molecule has 1 fully saturated rings. The predicted octanol–water partition coefficient (Wildman–Crippen LogP) is 2.95. The number of amides is 3. The van der Waals surface area contributed by atoms with Gasteiger partial charge in [-0.05, 0) is 61.4 Å². The largest absolute Gasteiger partial charge is 0.497 e. The van der Waals surface area contributed by atoms with Crippen LogP contribution in [-0.4, -0.2) is 37.4 Å². The van der Waals surface area contributed by atoms with Gasteiger partial charge in [0.15, 0.2) is 6.61 Å². The highest BCUT2D eigenvalue weighted by atomic mass is 16.5. The summed E-state index contributed by atoms with van der Waals surface area (Å²) >= 11 is 0. The van der Waals surface area contributed by atoms with Crippen molar-refractivity contribution in [3.63, 3.8) is 0 Å². The van der Waals surface area contributed by atoms with E-state index in [2.05, 4.69) is 5.32 Å². The van der Waals surface area contributed by atoms with Gasteiger partial charge in [-0.25, -0.2) is 4.79 Å². The summed E-state index contributed by atoms with van der Waals surface area (Å²) in [6.45, 7) is -0.452. The second-order valence-corrected chi connectivity index (χ2v) is 7.57. The Balaban J connectivity index is 1.33. The van der Waals surface area contributed by atoms with Crippen LogP contribution in [0.3, 0.4) is 0 Å². The van der Waals surface area contributed by atoms with Gasteiger partial charge in [-0.15, -0.1) is 0 Å². The fourth-order valence-corrected chi connectivity index (χ4v) is 3.89. The lowest BCUT2D eigenvalue weighted by atomic mass is 9.85. The molecular weight excluding hydrogens is 412 g/mol. The van der Waals surface area contributed by atoms with E-state index in [1.807, 2.05) is 12.2 Å². The van der Waals surface area contributed by atoms with Gasteiger partial charge in [0.1, 0.15) is 5.75 Å². The third-order valence-corrected chi connectivity index (χ3v) is 5.58. The van der Waals surface area contributed by atoms with Crippen LogP contribution in [0.5, 0.6) is 5.75 Å². The van der Waals surface area contributed by atoms with Crippen molar-refractivity contribution in [2.75, 3.05) is 23.9 Å². The highest BCUT2D eigenvalue weighted by molar-refractivity contribution is 6.22.